The van der Waals surface area contributed by atoms with E-state index in [0.717, 1.165) is 25.7 Å². The van der Waals surface area contributed by atoms with Crippen LogP contribution in [0.2, 0.25) is 0 Å². The van der Waals surface area contributed by atoms with E-state index >= 15 is 0 Å². The first-order chi connectivity index (χ1) is 6.94. The van der Waals surface area contributed by atoms with Crippen LogP contribution in [0.15, 0.2) is 0 Å². The number of rotatable bonds is 2. The second-order valence-electron chi connectivity index (χ2n) is 4.50. The van der Waals surface area contributed by atoms with Crippen LogP contribution in [0.5, 0.6) is 0 Å². The minimum Gasteiger partial charge on any atom is -0.462 e. The number of fused-ring (bicyclic) bond motifs is 2. The Kier molecular flexibility index (Phi) is 2.64. The number of esters is 1. The second kappa shape index (κ2) is 3.68. The monoisotopic (exact) mass is 222 g/mol. The molecule has 2 aliphatic carbocycles. The van der Waals surface area contributed by atoms with Gasteiger partial charge in [0.05, 0.1) is 0 Å². The van der Waals surface area contributed by atoms with Crippen molar-refractivity contribution in [1.82, 2.24) is 0 Å². The summed E-state index contributed by atoms with van der Waals surface area (Å²) in [7, 11) is 0. The van der Waals surface area contributed by atoms with E-state index < -0.39 is 18.6 Å². The van der Waals surface area contributed by atoms with Crippen LogP contribution in [0.3, 0.4) is 0 Å². The van der Waals surface area contributed by atoms with Crippen LogP contribution in [0.1, 0.15) is 32.1 Å². The lowest BCUT2D eigenvalue weighted by atomic mass is 9.98. The molecule has 0 aliphatic heterocycles. The van der Waals surface area contributed by atoms with Crippen LogP contribution >= 0.6 is 0 Å². The summed E-state index contributed by atoms with van der Waals surface area (Å²) >= 11 is 0. The van der Waals surface area contributed by atoms with Gasteiger partial charge in [0.2, 0.25) is 0 Å². The third kappa shape index (κ3) is 2.63. The molecule has 3 unspecified atom stereocenters. The number of ether oxygens (including phenoxy) is 1. The molecular formula is C10H13F3O2. The number of alkyl halides is 3. The van der Waals surface area contributed by atoms with Gasteiger partial charge in [-0.2, -0.15) is 13.2 Å². The number of hydrogen-bond donors (Lipinski definition) is 0. The predicted molar refractivity (Wildman–Crippen MR) is 46.0 cm³/mol. The largest absolute Gasteiger partial charge is 0.462 e. The Labute approximate surface area is 85.8 Å². The quantitative estimate of drug-likeness (QED) is 0.671. The van der Waals surface area contributed by atoms with Crippen molar-refractivity contribution < 1.29 is 22.7 Å². The molecule has 2 nitrogen and oxygen atoms in total. The van der Waals surface area contributed by atoms with Crippen molar-refractivity contribution in [3.63, 3.8) is 0 Å². The summed E-state index contributed by atoms with van der Waals surface area (Å²) in [5.74, 6) is -0.245. The van der Waals surface area contributed by atoms with Crippen molar-refractivity contribution in [3.05, 3.63) is 0 Å². The standard InChI is InChI=1S/C10H13F3O2/c11-10(12,13)5-9(14)15-8-4-6-1-2-7(8)3-6/h6-8H,1-5H2. The normalized spacial score (nSPS) is 34.5. The molecule has 0 amide bonds. The highest BCUT2D eigenvalue weighted by Crippen LogP contribution is 2.46. The van der Waals surface area contributed by atoms with E-state index in [1.807, 2.05) is 0 Å². The average Bonchev–Trinajstić information content (AvgIpc) is 2.60. The molecule has 86 valence electrons. The summed E-state index contributed by atoms with van der Waals surface area (Å²) in [5, 5.41) is 0. The molecule has 5 heteroatoms. The van der Waals surface area contributed by atoms with Gasteiger partial charge in [-0.1, -0.05) is 0 Å². The van der Waals surface area contributed by atoms with E-state index in [-0.39, 0.29) is 6.10 Å². The predicted octanol–water partition coefficient (Wildman–Crippen LogP) is 2.67. The van der Waals surface area contributed by atoms with Crippen molar-refractivity contribution in [2.45, 2.75) is 44.4 Å². The first-order valence-corrected chi connectivity index (χ1v) is 5.20. The Morgan fingerprint density at radius 2 is 2.00 bits per heavy atom. The summed E-state index contributed by atoms with van der Waals surface area (Å²) in [5.41, 5.74) is 0. The molecule has 0 saturated heterocycles. The molecule has 2 fully saturated rings. The average molecular weight is 222 g/mol. The lowest BCUT2D eigenvalue weighted by Gasteiger charge is -2.22. The van der Waals surface area contributed by atoms with E-state index in [1.54, 1.807) is 0 Å². The molecule has 0 N–H and O–H groups in total. The van der Waals surface area contributed by atoms with Crippen molar-refractivity contribution >= 4 is 5.97 Å². The molecule has 2 aliphatic rings. The Hall–Kier alpha value is -0.740. The topological polar surface area (TPSA) is 26.3 Å². The summed E-state index contributed by atoms with van der Waals surface area (Å²) in [6.07, 6.45) is -2.25. The zero-order chi connectivity index (χ0) is 11.1. The summed E-state index contributed by atoms with van der Waals surface area (Å²) in [6.45, 7) is 0. The van der Waals surface area contributed by atoms with E-state index in [1.165, 1.54) is 0 Å². The highest BCUT2D eigenvalue weighted by atomic mass is 19.4. The molecule has 0 aromatic carbocycles. The number of halogens is 3. The van der Waals surface area contributed by atoms with Crippen LogP contribution in [0, 0.1) is 11.8 Å². The Bertz CT molecular complexity index is 262. The summed E-state index contributed by atoms with van der Waals surface area (Å²) in [6, 6.07) is 0. The first kappa shape index (κ1) is 10.8. The Morgan fingerprint density at radius 1 is 1.27 bits per heavy atom. The Balaban J connectivity index is 1.80. The molecule has 2 bridgehead atoms. The van der Waals surface area contributed by atoms with Gasteiger partial charge in [-0.25, -0.2) is 0 Å². The van der Waals surface area contributed by atoms with Gasteiger partial charge in [0, 0.05) is 0 Å². The van der Waals surface area contributed by atoms with Crippen LogP contribution in [-0.4, -0.2) is 18.2 Å². The Morgan fingerprint density at radius 3 is 2.47 bits per heavy atom. The van der Waals surface area contributed by atoms with Crippen LogP contribution in [0.4, 0.5) is 13.2 Å². The van der Waals surface area contributed by atoms with Gasteiger partial charge < -0.3 is 4.74 Å². The molecule has 0 heterocycles. The highest BCUT2D eigenvalue weighted by Gasteiger charge is 2.42. The molecule has 0 aromatic heterocycles. The summed E-state index contributed by atoms with van der Waals surface area (Å²) in [4.78, 5) is 10.9. The van der Waals surface area contributed by atoms with Gasteiger partial charge >= 0.3 is 12.1 Å². The highest BCUT2D eigenvalue weighted by molar-refractivity contribution is 5.70. The molecule has 3 atom stereocenters. The molecule has 0 aromatic rings. The lowest BCUT2D eigenvalue weighted by molar-refractivity contribution is -0.177. The van der Waals surface area contributed by atoms with Gasteiger partial charge in [0.1, 0.15) is 12.5 Å². The van der Waals surface area contributed by atoms with Crippen LogP contribution < -0.4 is 0 Å². The fourth-order valence-electron chi connectivity index (χ4n) is 2.70. The minimum absolute atomic E-state index is 0.251. The van der Waals surface area contributed by atoms with Crippen molar-refractivity contribution in [1.29, 1.82) is 0 Å². The van der Waals surface area contributed by atoms with Crippen molar-refractivity contribution in [2.75, 3.05) is 0 Å². The maximum absolute atomic E-state index is 11.9. The molecule has 0 spiro atoms. The minimum atomic E-state index is -4.45. The fourth-order valence-corrected chi connectivity index (χ4v) is 2.70. The molecule has 0 radical (unpaired) electrons. The SMILES string of the molecule is O=C(CC(F)(F)F)OC1CC2CCC1C2. The zero-order valence-electron chi connectivity index (χ0n) is 8.22. The lowest BCUT2D eigenvalue weighted by Crippen LogP contribution is -2.26. The van der Waals surface area contributed by atoms with Crippen molar-refractivity contribution in [3.8, 4) is 0 Å². The fraction of sp³-hybridized carbons (Fsp3) is 0.900. The molecule has 2 rings (SSSR count). The third-order valence-corrected chi connectivity index (χ3v) is 3.30. The molecule has 15 heavy (non-hydrogen) atoms. The number of carbonyl (C=O) groups is 1. The van der Waals surface area contributed by atoms with E-state index in [9.17, 15) is 18.0 Å². The molecule has 2 saturated carbocycles. The first-order valence-electron chi connectivity index (χ1n) is 5.20. The van der Waals surface area contributed by atoms with Crippen molar-refractivity contribution in [2.24, 2.45) is 11.8 Å². The summed E-state index contributed by atoms with van der Waals surface area (Å²) < 4.78 is 40.5. The maximum atomic E-state index is 11.9. The van der Waals surface area contributed by atoms with Gasteiger partial charge in [-0.05, 0) is 37.5 Å². The number of hydrogen-bond acceptors (Lipinski definition) is 2. The third-order valence-electron chi connectivity index (χ3n) is 3.30. The van der Waals surface area contributed by atoms with Gasteiger partial charge in [0.15, 0.2) is 0 Å². The second-order valence-corrected chi connectivity index (χ2v) is 4.50. The van der Waals surface area contributed by atoms with Crippen LogP contribution in [-0.2, 0) is 9.53 Å². The maximum Gasteiger partial charge on any atom is 0.399 e. The zero-order valence-corrected chi connectivity index (χ0v) is 8.22. The smallest absolute Gasteiger partial charge is 0.399 e. The van der Waals surface area contributed by atoms with E-state index in [0.29, 0.717) is 11.8 Å². The van der Waals surface area contributed by atoms with Gasteiger partial charge in [-0.3, -0.25) is 4.79 Å². The molecular weight excluding hydrogens is 209 g/mol. The van der Waals surface area contributed by atoms with Crippen LogP contribution in [0.25, 0.3) is 0 Å². The van der Waals surface area contributed by atoms with Gasteiger partial charge in [0.25, 0.3) is 0 Å². The van der Waals surface area contributed by atoms with E-state index in [4.69, 9.17) is 4.74 Å². The number of carbonyl (C=O) groups excluding carboxylic acids is 1. The van der Waals surface area contributed by atoms with E-state index in [2.05, 4.69) is 0 Å². The van der Waals surface area contributed by atoms with Gasteiger partial charge in [-0.15, -0.1) is 0 Å².